The van der Waals surface area contributed by atoms with Gasteiger partial charge in [0, 0.05) is 12.1 Å². The van der Waals surface area contributed by atoms with Crippen molar-refractivity contribution in [3.05, 3.63) is 36.5 Å². The molecule has 2 N–H and O–H groups in total. The molecular weight excluding hydrogens is 214 g/mol. The minimum absolute atomic E-state index is 0.408. The number of hydrogen-bond acceptors (Lipinski definition) is 4. The zero-order valence-electron chi connectivity index (χ0n) is 9.54. The molecular formula is C12H13N5. The number of benzene rings is 1. The molecule has 17 heavy (non-hydrogen) atoms. The van der Waals surface area contributed by atoms with Crippen molar-refractivity contribution < 1.29 is 0 Å². The van der Waals surface area contributed by atoms with Crippen molar-refractivity contribution in [1.82, 2.24) is 4.98 Å². The molecule has 1 aromatic heterocycles. The van der Waals surface area contributed by atoms with Gasteiger partial charge in [-0.15, -0.1) is 10.2 Å². The fraction of sp³-hybridized carbons (Fsp3) is 0.0833. The van der Waals surface area contributed by atoms with Gasteiger partial charge >= 0.3 is 0 Å². The van der Waals surface area contributed by atoms with Crippen molar-refractivity contribution in [1.29, 1.82) is 0 Å². The fourth-order valence-electron chi connectivity index (χ4n) is 1.49. The van der Waals surface area contributed by atoms with E-state index in [9.17, 15) is 0 Å². The average molecular weight is 227 g/mol. The summed E-state index contributed by atoms with van der Waals surface area (Å²) in [5, 5.41) is 10.2. The highest BCUT2D eigenvalue weighted by Gasteiger charge is 2.04. The number of amidine groups is 1. The first-order valence-corrected chi connectivity index (χ1v) is 5.13. The maximum Gasteiger partial charge on any atom is 0.119 e. The predicted octanol–water partition coefficient (Wildman–Crippen LogP) is 1.95. The second-order valence-electron chi connectivity index (χ2n) is 3.56. The van der Waals surface area contributed by atoms with Crippen LogP contribution in [0, 0.1) is 0 Å². The molecule has 0 aliphatic heterocycles. The summed E-state index contributed by atoms with van der Waals surface area (Å²) in [4.78, 5) is 4.32. The first kappa shape index (κ1) is 11.1. The number of anilines is 1. The number of pyridine rings is 1. The largest absolute Gasteiger partial charge is 0.386 e. The van der Waals surface area contributed by atoms with Crippen molar-refractivity contribution in [3.8, 4) is 0 Å². The van der Waals surface area contributed by atoms with Crippen LogP contribution < -0.4 is 10.9 Å². The van der Waals surface area contributed by atoms with Crippen LogP contribution in [0.25, 0.3) is 10.9 Å². The summed E-state index contributed by atoms with van der Waals surface area (Å²) in [6.07, 6.45) is 1.68. The Hall–Kier alpha value is -2.43. The van der Waals surface area contributed by atoms with Crippen LogP contribution in [-0.2, 0) is 0 Å². The Morgan fingerprint density at radius 1 is 1.41 bits per heavy atom. The molecule has 0 bridgehead atoms. The molecule has 0 saturated carbocycles. The van der Waals surface area contributed by atoms with Crippen LogP contribution >= 0.6 is 0 Å². The highest BCUT2D eigenvalue weighted by molar-refractivity contribution is 5.82. The van der Waals surface area contributed by atoms with Gasteiger partial charge in [0.05, 0.1) is 11.7 Å². The molecule has 2 rings (SSSR count). The quantitative estimate of drug-likeness (QED) is 0.495. The van der Waals surface area contributed by atoms with E-state index in [1.54, 1.807) is 13.1 Å². The summed E-state index contributed by atoms with van der Waals surface area (Å²) in [6, 6.07) is 9.76. The first-order valence-electron chi connectivity index (χ1n) is 5.13. The van der Waals surface area contributed by atoms with E-state index in [2.05, 4.69) is 21.9 Å². The first-order chi connectivity index (χ1) is 8.20. The van der Waals surface area contributed by atoms with Gasteiger partial charge in [0.1, 0.15) is 11.5 Å². The molecule has 0 amide bonds. The molecule has 0 saturated heterocycles. The summed E-state index contributed by atoms with van der Waals surface area (Å²) in [6.45, 7) is 5.14. The normalized spacial score (nSPS) is 11.5. The number of fused-ring (bicyclic) bond motifs is 1. The number of hydrazone groups is 2. The molecule has 0 unspecified atom stereocenters. The van der Waals surface area contributed by atoms with E-state index in [1.165, 1.54) is 5.12 Å². The monoisotopic (exact) mass is 227 g/mol. The molecule has 1 heterocycles. The molecule has 0 radical (unpaired) electrons. The third kappa shape index (κ3) is 2.39. The smallest absolute Gasteiger partial charge is 0.119 e. The van der Waals surface area contributed by atoms with Crippen LogP contribution in [0.2, 0.25) is 0 Å². The van der Waals surface area contributed by atoms with E-state index in [1.807, 2.05) is 30.3 Å². The molecule has 0 spiro atoms. The van der Waals surface area contributed by atoms with Crippen molar-refractivity contribution in [2.45, 2.75) is 6.92 Å². The van der Waals surface area contributed by atoms with Crippen LogP contribution in [0.5, 0.6) is 0 Å². The Morgan fingerprint density at radius 2 is 2.18 bits per heavy atom. The molecule has 0 aliphatic carbocycles. The lowest BCUT2D eigenvalue weighted by Gasteiger charge is -2.12. The maximum atomic E-state index is 5.52. The highest BCUT2D eigenvalue weighted by Crippen LogP contribution is 2.20. The summed E-state index contributed by atoms with van der Waals surface area (Å²) in [7, 11) is 0. The zero-order chi connectivity index (χ0) is 12.3. The van der Waals surface area contributed by atoms with E-state index < -0.39 is 0 Å². The fourth-order valence-corrected chi connectivity index (χ4v) is 1.49. The third-order valence-corrected chi connectivity index (χ3v) is 2.19. The Kier molecular flexibility index (Phi) is 3.00. The highest BCUT2D eigenvalue weighted by atomic mass is 15.7. The Morgan fingerprint density at radius 3 is 2.88 bits per heavy atom. The Bertz CT molecular complexity index is 572. The van der Waals surface area contributed by atoms with E-state index in [0.717, 1.165) is 16.6 Å². The van der Waals surface area contributed by atoms with Gasteiger partial charge in [-0.1, -0.05) is 18.2 Å². The van der Waals surface area contributed by atoms with Gasteiger partial charge < -0.3 is 5.73 Å². The van der Waals surface area contributed by atoms with Gasteiger partial charge in [-0.3, -0.25) is 4.98 Å². The second kappa shape index (κ2) is 4.61. The number of para-hydroxylation sites is 1. The van der Waals surface area contributed by atoms with Crippen LogP contribution in [0.1, 0.15) is 6.92 Å². The lowest BCUT2D eigenvalue weighted by Crippen LogP contribution is -2.15. The summed E-state index contributed by atoms with van der Waals surface area (Å²) in [5.41, 5.74) is 7.17. The summed E-state index contributed by atoms with van der Waals surface area (Å²) >= 11 is 0. The summed E-state index contributed by atoms with van der Waals surface area (Å²) in [5.74, 6) is 0.408. The van der Waals surface area contributed by atoms with Crippen molar-refractivity contribution in [2.24, 2.45) is 15.9 Å². The summed E-state index contributed by atoms with van der Waals surface area (Å²) < 4.78 is 0. The van der Waals surface area contributed by atoms with Gasteiger partial charge in [0.2, 0.25) is 0 Å². The zero-order valence-corrected chi connectivity index (χ0v) is 9.54. The number of nitrogens with two attached hydrogens (primary N) is 1. The van der Waals surface area contributed by atoms with E-state index in [-0.39, 0.29) is 0 Å². The number of nitrogens with zero attached hydrogens (tertiary/aromatic N) is 4. The molecule has 5 heteroatoms. The standard InChI is InChI=1S/C12H13N5/c1-9(13)16-17(14-2)11-7-10-5-3-4-6-12(10)15-8-11/h3-8H,2H2,1H3,(H2,13,16). The van der Waals surface area contributed by atoms with Crippen molar-refractivity contribution >= 4 is 29.1 Å². The third-order valence-electron chi connectivity index (χ3n) is 2.19. The van der Waals surface area contributed by atoms with E-state index >= 15 is 0 Å². The van der Waals surface area contributed by atoms with Crippen LogP contribution in [0.4, 0.5) is 5.69 Å². The van der Waals surface area contributed by atoms with Crippen LogP contribution in [-0.4, -0.2) is 17.5 Å². The minimum Gasteiger partial charge on any atom is -0.386 e. The van der Waals surface area contributed by atoms with Gasteiger partial charge in [-0.05, 0) is 19.1 Å². The maximum absolute atomic E-state index is 5.52. The number of hydrogen-bond donors (Lipinski definition) is 1. The Balaban J connectivity index is 2.48. The number of rotatable bonds is 3. The van der Waals surface area contributed by atoms with Gasteiger partial charge in [0.15, 0.2) is 0 Å². The van der Waals surface area contributed by atoms with Crippen LogP contribution in [0.15, 0.2) is 46.7 Å². The van der Waals surface area contributed by atoms with Crippen molar-refractivity contribution in [3.63, 3.8) is 0 Å². The molecule has 0 atom stereocenters. The van der Waals surface area contributed by atoms with Crippen LogP contribution in [0.3, 0.4) is 0 Å². The number of aromatic nitrogens is 1. The average Bonchev–Trinajstić information content (AvgIpc) is 2.35. The lowest BCUT2D eigenvalue weighted by molar-refractivity contribution is 0.927. The molecule has 86 valence electrons. The predicted molar refractivity (Wildman–Crippen MR) is 71.1 cm³/mol. The molecule has 5 nitrogen and oxygen atoms in total. The molecule has 2 aromatic rings. The lowest BCUT2D eigenvalue weighted by atomic mass is 10.2. The van der Waals surface area contributed by atoms with Gasteiger partial charge in [-0.2, -0.15) is 5.10 Å². The molecule has 1 aromatic carbocycles. The molecule has 0 fully saturated rings. The van der Waals surface area contributed by atoms with Crippen molar-refractivity contribution in [2.75, 3.05) is 5.12 Å². The van der Waals surface area contributed by atoms with Gasteiger partial charge in [-0.25, -0.2) is 0 Å². The van der Waals surface area contributed by atoms with E-state index in [0.29, 0.717) is 5.84 Å². The molecule has 0 aliphatic rings. The SMILES string of the molecule is C=NN(/N=C(/C)N)c1cnc2ccccc2c1. The second-order valence-corrected chi connectivity index (χ2v) is 3.56. The Labute approximate surface area is 99.3 Å². The van der Waals surface area contributed by atoms with E-state index in [4.69, 9.17) is 5.73 Å². The topological polar surface area (TPSA) is 66.9 Å². The minimum atomic E-state index is 0.408. The van der Waals surface area contributed by atoms with Gasteiger partial charge in [0.25, 0.3) is 0 Å².